The van der Waals surface area contributed by atoms with Crippen LogP contribution in [0, 0.1) is 0 Å². The summed E-state index contributed by atoms with van der Waals surface area (Å²) >= 11 is 0. The molecule has 1 saturated heterocycles. The molecular weight excluding hydrogens is 353 g/mol. The van der Waals surface area contributed by atoms with Gasteiger partial charge in [-0.3, -0.25) is 14.5 Å². The zero-order valence-corrected chi connectivity index (χ0v) is 13.9. The van der Waals surface area contributed by atoms with Gasteiger partial charge in [0, 0.05) is 11.0 Å². The van der Waals surface area contributed by atoms with E-state index in [4.69, 9.17) is 10.5 Å². The molecule has 1 unspecified atom stereocenters. The molecule has 9 heteroatoms. The van der Waals surface area contributed by atoms with Crippen molar-refractivity contribution < 1.29 is 32.6 Å². The van der Waals surface area contributed by atoms with Gasteiger partial charge in [0.15, 0.2) is 0 Å². The maximum absolute atomic E-state index is 12.9. The first-order valence-corrected chi connectivity index (χ1v) is 8.22. The van der Waals surface area contributed by atoms with E-state index in [-0.39, 0.29) is 18.8 Å². The van der Waals surface area contributed by atoms with Gasteiger partial charge in [0.25, 0.3) is 0 Å². The number of ether oxygens (including phenoxy) is 1. The summed E-state index contributed by atoms with van der Waals surface area (Å²) in [5.41, 5.74) is 4.68. The largest absolute Gasteiger partial charge is 0.492 e. The summed E-state index contributed by atoms with van der Waals surface area (Å²) in [4.78, 5) is 24.2. The van der Waals surface area contributed by atoms with Crippen molar-refractivity contribution in [1.82, 2.24) is 4.90 Å². The van der Waals surface area contributed by atoms with Gasteiger partial charge in [-0.2, -0.15) is 13.2 Å². The molecular formula is C17H19F3N2O4. The van der Waals surface area contributed by atoms with Crippen LogP contribution in [0.4, 0.5) is 13.2 Å². The van der Waals surface area contributed by atoms with Crippen LogP contribution in [-0.4, -0.2) is 47.6 Å². The third-order valence-corrected chi connectivity index (χ3v) is 5.26. The van der Waals surface area contributed by atoms with Crippen LogP contribution in [0.2, 0.25) is 0 Å². The van der Waals surface area contributed by atoms with Crippen molar-refractivity contribution in [2.75, 3.05) is 19.7 Å². The Kier molecular flexibility index (Phi) is 4.60. The molecule has 0 aromatic heterocycles. The summed E-state index contributed by atoms with van der Waals surface area (Å²) in [5.74, 6) is -1.57. The smallest absolute Gasteiger partial charge is 0.416 e. The lowest BCUT2D eigenvalue weighted by atomic mass is 9.74. The number of carboxylic acids is 1. The van der Waals surface area contributed by atoms with E-state index in [9.17, 15) is 27.9 Å². The molecule has 26 heavy (non-hydrogen) atoms. The predicted molar refractivity (Wildman–Crippen MR) is 84.7 cm³/mol. The second kappa shape index (κ2) is 6.46. The molecule has 1 aromatic rings. The molecule has 0 aliphatic carbocycles. The molecule has 1 atom stereocenters. The number of likely N-dealkylation sites (tertiary alicyclic amines) is 1. The molecule has 1 fully saturated rings. The third kappa shape index (κ3) is 3.35. The number of halogens is 3. The van der Waals surface area contributed by atoms with Crippen LogP contribution in [0.15, 0.2) is 18.2 Å². The average Bonchev–Trinajstić information content (AvgIpc) is 2.91. The number of benzene rings is 1. The maximum Gasteiger partial charge on any atom is 0.416 e. The number of rotatable bonds is 4. The molecule has 3 N–H and O–H groups in total. The van der Waals surface area contributed by atoms with Gasteiger partial charge in [0.1, 0.15) is 11.8 Å². The Hall–Kier alpha value is -2.29. The number of alkyl halides is 3. The van der Waals surface area contributed by atoms with Crippen molar-refractivity contribution >= 4 is 11.9 Å². The van der Waals surface area contributed by atoms with Gasteiger partial charge in [-0.15, -0.1) is 0 Å². The van der Waals surface area contributed by atoms with Crippen molar-refractivity contribution in [3.63, 3.8) is 0 Å². The van der Waals surface area contributed by atoms with Crippen LogP contribution in [0.5, 0.6) is 5.75 Å². The first-order chi connectivity index (χ1) is 12.1. The number of carboxylic acid groups (broad SMARTS) is 1. The standard InChI is InChI=1S/C17H19F3N2O4/c18-17(19,20)10-1-2-11-13(7-10)26-9-16(11)3-5-22(6-4-16)12(15(24)25)8-14(21)23/h1-2,7,12H,3-6,8-9H2,(H2,21,23)(H,24,25). The third-order valence-electron chi connectivity index (χ3n) is 5.26. The Labute approximate surface area is 147 Å². The second-order valence-corrected chi connectivity index (χ2v) is 6.84. The van der Waals surface area contributed by atoms with Crippen molar-refractivity contribution in [3.8, 4) is 5.75 Å². The Morgan fingerprint density at radius 2 is 1.96 bits per heavy atom. The van der Waals surface area contributed by atoms with Gasteiger partial charge in [0.05, 0.1) is 18.6 Å². The number of fused-ring (bicyclic) bond motifs is 2. The SMILES string of the molecule is NC(=O)CC(C(=O)O)N1CCC2(CC1)COc1cc(C(F)(F)F)ccc12. The fraction of sp³-hybridized carbons (Fsp3) is 0.529. The van der Waals surface area contributed by atoms with Crippen molar-refractivity contribution in [3.05, 3.63) is 29.3 Å². The zero-order chi connectivity index (χ0) is 19.1. The van der Waals surface area contributed by atoms with E-state index in [0.717, 1.165) is 17.7 Å². The van der Waals surface area contributed by atoms with E-state index in [1.807, 2.05) is 0 Å². The normalized spacial score (nSPS) is 20.4. The lowest BCUT2D eigenvalue weighted by molar-refractivity contribution is -0.146. The van der Waals surface area contributed by atoms with Crippen LogP contribution in [-0.2, 0) is 21.2 Å². The molecule has 1 amide bonds. The lowest BCUT2D eigenvalue weighted by Gasteiger charge is -2.40. The van der Waals surface area contributed by atoms with Gasteiger partial charge in [-0.05, 0) is 38.1 Å². The maximum atomic E-state index is 12.9. The molecule has 2 aliphatic heterocycles. The van der Waals surface area contributed by atoms with Crippen LogP contribution in [0.25, 0.3) is 0 Å². The molecule has 6 nitrogen and oxygen atoms in total. The number of nitrogens with zero attached hydrogens (tertiary/aromatic N) is 1. The molecule has 142 valence electrons. The molecule has 2 aliphatic rings. The number of aliphatic carboxylic acids is 1. The highest BCUT2D eigenvalue weighted by molar-refractivity contribution is 5.83. The highest BCUT2D eigenvalue weighted by Crippen LogP contribution is 2.47. The Morgan fingerprint density at radius 1 is 1.31 bits per heavy atom. The number of carbonyl (C=O) groups excluding carboxylic acids is 1. The van der Waals surface area contributed by atoms with Crippen LogP contribution < -0.4 is 10.5 Å². The Bertz CT molecular complexity index is 727. The molecule has 3 rings (SSSR count). The van der Waals surface area contributed by atoms with E-state index < -0.39 is 35.1 Å². The topological polar surface area (TPSA) is 92.9 Å². The van der Waals surface area contributed by atoms with Crippen molar-refractivity contribution in [2.45, 2.75) is 36.9 Å². The number of hydrogen-bond acceptors (Lipinski definition) is 4. The molecule has 2 heterocycles. The highest BCUT2D eigenvalue weighted by Gasteiger charge is 2.45. The summed E-state index contributed by atoms with van der Waals surface area (Å²) < 4.78 is 44.1. The van der Waals surface area contributed by atoms with Gasteiger partial charge in [-0.25, -0.2) is 0 Å². The second-order valence-electron chi connectivity index (χ2n) is 6.84. The van der Waals surface area contributed by atoms with Crippen LogP contribution in [0.3, 0.4) is 0 Å². The summed E-state index contributed by atoms with van der Waals surface area (Å²) in [5, 5.41) is 9.32. The number of amides is 1. The van der Waals surface area contributed by atoms with Crippen molar-refractivity contribution in [1.29, 1.82) is 0 Å². The first-order valence-electron chi connectivity index (χ1n) is 8.22. The minimum atomic E-state index is -4.43. The van der Waals surface area contributed by atoms with E-state index in [1.54, 1.807) is 4.90 Å². The monoisotopic (exact) mass is 372 g/mol. The summed E-state index contributed by atoms with van der Waals surface area (Å²) in [7, 11) is 0. The minimum absolute atomic E-state index is 0.236. The van der Waals surface area contributed by atoms with E-state index in [0.29, 0.717) is 25.9 Å². The summed E-state index contributed by atoms with van der Waals surface area (Å²) in [6.45, 7) is 1.06. The van der Waals surface area contributed by atoms with Crippen LogP contribution >= 0.6 is 0 Å². The molecule has 0 bridgehead atoms. The van der Waals surface area contributed by atoms with E-state index >= 15 is 0 Å². The zero-order valence-electron chi connectivity index (χ0n) is 13.9. The fourth-order valence-corrected chi connectivity index (χ4v) is 3.79. The number of hydrogen-bond donors (Lipinski definition) is 2. The number of piperidine rings is 1. The van der Waals surface area contributed by atoms with Gasteiger partial charge < -0.3 is 15.6 Å². The predicted octanol–water partition coefficient (Wildman–Crippen LogP) is 1.76. The van der Waals surface area contributed by atoms with E-state index in [1.165, 1.54) is 6.07 Å². The number of nitrogens with two attached hydrogens (primary N) is 1. The quantitative estimate of drug-likeness (QED) is 0.840. The van der Waals surface area contributed by atoms with Gasteiger partial charge in [-0.1, -0.05) is 6.07 Å². The summed E-state index contributed by atoms with van der Waals surface area (Å²) in [6, 6.07) is 2.54. The number of carbonyl (C=O) groups is 2. The minimum Gasteiger partial charge on any atom is -0.492 e. The van der Waals surface area contributed by atoms with Gasteiger partial charge in [0.2, 0.25) is 5.91 Å². The van der Waals surface area contributed by atoms with Gasteiger partial charge >= 0.3 is 12.1 Å². The number of primary amides is 1. The molecule has 0 saturated carbocycles. The fourth-order valence-electron chi connectivity index (χ4n) is 3.79. The Morgan fingerprint density at radius 3 is 2.50 bits per heavy atom. The molecule has 1 spiro atoms. The summed E-state index contributed by atoms with van der Waals surface area (Å²) in [6.07, 6.45) is -3.63. The molecule has 0 radical (unpaired) electrons. The average molecular weight is 372 g/mol. The highest BCUT2D eigenvalue weighted by atomic mass is 19.4. The Balaban J connectivity index is 1.76. The molecule has 1 aromatic carbocycles. The van der Waals surface area contributed by atoms with Crippen molar-refractivity contribution in [2.24, 2.45) is 5.73 Å². The lowest BCUT2D eigenvalue weighted by Crippen LogP contribution is -2.51. The van der Waals surface area contributed by atoms with E-state index in [2.05, 4.69) is 0 Å². The first kappa shape index (κ1) is 18.5. The van der Waals surface area contributed by atoms with Crippen LogP contribution in [0.1, 0.15) is 30.4 Å².